The smallest absolute Gasteiger partial charge is 0.350 e. The van der Waals surface area contributed by atoms with Gasteiger partial charge in [-0.05, 0) is 33.1 Å². The van der Waals surface area contributed by atoms with Crippen LogP contribution >= 0.6 is 0 Å². The third-order valence-corrected chi connectivity index (χ3v) is 7.56. The lowest BCUT2D eigenvalue weighted by Crippen LogP contribution is -2.72. The zero-order valence-electron chi connectivity index (χ0n) is 23.5. The summed E-state index contributed by atoms with van der Waals surface area (Å²) in [5, 5.41) is 0. The van der Waals surface area contributed by atoms with Gasteiger partial charge in [-0.25, -0.2) is 8.78 Å². The highest BCUT2D eigenvalue weighted by Crippen LogP contribution is 2.59. The van der Waals surface area contributed by atoms with E-state index in [1.807, 2.05) is 0 Å². The molecule has 0 spiro atoms. The topological polar surface area (TPSA) is 36.9 Å². The molecule has 0 aromatic rings. The van der Waals surface area contributed by atoms with Gasteiger partial charge in [0.2, 0.25) is 5.79 Å². The molecular formula is C23H24F20O4. The monoisotopic (exact) mass is 744 g/mol. The fourth-order valence-electron chi connectivity index (χ4n) is 5.37. The van der Waals surface area contributed by atoms with E-state index in [0.29, 0.717) is 13.8 Å². The van der Waals surface area contributed by atoms with Gasteiger partial charge in [0.05, 0.1) is 31.2 Å². The van der Waals surface area contributed by atoms with E-state index < -0.39 is 129 Å². The summed E-state index contributed by atoms with van der Waals surface area (Å²) in [6.07, 6.45) is -53.7. The average Bonchev–Trinajstić information content (AvgIpc) is 2.82. The van der Waals surface area contributed by atoms with E-state index in [9.17, 15) is 83.4 Å². The standard InChI is InChI=1S/C23H24F20O4/c1-10-6-11(17(25,26)27)9-15(46-10,19(31,22(38,39)40)23(41,42)43)45-5-3-4-44-14(2)8-12(18(28,29)30)7-13(47-14)16(24,20(32,33)34)21(35,36)37/h10-13H,3-9H2,1-2H3. The third kappa shape index (κ3) is 8.09. The van der Waals surface area contributed by atoms with E-state index in [2.05, 4.69) is 14.2 Å². The molecule has 2 rings (SSSR count). The zero-order chi connectivity index (χ0) is 37.1. The van der Waals surface area contributed by atoms with Gasteiger partial charge in [0.15, 0.2) is 5.79 Å². The van der Waals surface area contributed by atoms with Crippen LogP contribution in [0.25, 0.3) is 0 Å². The zero-order valence-corrected chi connectivity index (χ0v) is 23.5. The largest absolute Gasteiger partial charge is 0.437 e. The Bertz CT molecular complexity index is 1030. The molecule has 0 saturated carbocycles. The molecule has 2 fully saturated rings. The Balaban J connectivity index is 2.38. The molecule has 0 bridgehead atoms. The van der Waals surface area contributed by atoms with E-state index in [1.54, 1.807) is 0 Å². The SMILES string of the molecule is CC1CC(C(F)(F)F)CC(OCCCOC2(C)CC(C(F)(F)F)CC(C(F)(C(F)(F)F)C(F)(F)F)O2)(C(F)(C(F)(F)F)C(F)(F)F)O1. The summed E-state index contributed by atoms with van der Waals surface area (Å²) in [6, 6.07) is 0. The Hall–Kier alpha value is -1.56. The minimum Gasteiger partial charge on any atom is -0.350 e. The Kier molecular flexibility index (Phi) is 11.2. The normalized spacial score (nSPS) is 31.3. The molecule has 2 heterocycles. The van der Waals surface area contributed by atoms with Crippen molar-refractivity contribution in [2.45, 2.75) is 118 Å². The highest BCUT2D eigenvalue weighted by Gasteiger charge is 2.85. The summed E-state index contributed by atoms with van der Waals surface area (Å²) in [7, 11) is 0. The second-order valence-electron chi connectivity index (χ2n) is 11.2. The number of alkyl halides is 20. The van der Waals surface area contributed by atoms with Crippen molar-refractivity contribution in [2.75, 3.05) is 13.2 Å². The van der Waals surface area contributed by atoms with Crippen molar-refractivity contribution in [3.8, 4) is 0 Å². The van der Waals surface area contributed by atoms with Crippen molar-refractivity contribution in [3.05, 3.63) is 0 Å². The molecule has 280 valence electrons. The molecule has 2 aliphatic rings. The van der Waals surface area contributed by atoms with Crippen LogP contribution in [-0.2, 0) is 18.9 Å². The molecule has 0 aliphatic carbocycles. The van der Waals surface area contributed by atoms with Crippen molar-refractivity contribution >= 4 is 0 Å². The van der Waals surface area contributed by atoms with Crippen LogP contribution < -0.4 is 0 Å². The van der Waals surface area contributed by atoms with Crippen molar-refractivity contribution in [3.63, 3.8) is 0 Å². The fraction of sp³-hybridized carbons (Fsp3) is 1.00. The van der Waals surface area contributed by atoms with Crippen molar-refractivity contribution in [2.24, 2.45) is 11.8 Å². The molecule has 2 saturated heterocycles. The van der Waals surface area contributed by atoms with Crippen LogP contribution in [0.3, 0.4) is 0 Å². The molecule has 24 heteroatoms. The minimum absolute atomic E-state index is 0.313. The van der Waals surface area contributed by atoms with Crippen LogP contribution in [0.5, 0.6) is 0 Å². The minimum atomic E-state index is -7.03. The van der Waals surface area contributed by atoms with E-state index in [1.165, 1.54) is 0 Å². The van der Waals surface area contributed by atoms with Crippen molar-refractivity contribution in [1.29, 1.82) is 0 Å². The molecule has 2 aliphatic heterocycles. The molecule has 47 heavy (non-hydrogen) atoms. The van der Waals surface area contributed by atoms with Gasteiger partial charge in [0.1, 0.15) is 6.10 Å². The summed E-state index contributed by atoms with van der Waals surface area (Å²) < 4.78 is 289. The first-order chi connectivity index (χ1) is 20.6. The molecule has 0 N–H and O–H groups in total. The number of rotatable bonds is 8. The second-order valence-corrected chi connectivity index (χ2v) is 11.2. The summed E-state index contributed by atoms with van der Waals surface area (Å²) in [5.41, 5.74) is -13.0. The molecule has 6 atom stereocenters. The van der Waals surface area contributed by atoms with E-state index >= 15 is 4.39 Å². The predicted molar refractivity (Wildman–Crippen MR) is 113 cm³/mol. The van der Waals surface area contributed by atoms with Crippen LogP contribution in [0.15, 0.2) is 0 Å². The lowest BCUT2D eigenvalue weighted by Gasteiger charge is -2.50. The van der Waals surface area contributed by atoms with Crippen LogP contribution in [0, 0.1) is 11.8 Å². The fourth-order valence-corrected chi connectivity index (χ4v) is 5.37. The van der Waals surface area contributed by atoms with Gasteiger partial charge in [-0.15, -0.1) is 0 Å². The molecule has 0 aromatic heterocycles. The molecule has 6 unspecified atom stereocenters. The average molecular weight is 744 g/mol. The summed E-state index contributed by atoms with van der Waals surface area (Å²) in [5.74, 6) is -14.2. The first-order valence-electron chi connectivity index (χ1n) is 13.0. The second kappa shape index (κ2) is 12.6. The Morgan fingerprint density at radius 2 is 1.00 bits per heavy atom. The molecule has 4 nitrogen and oxygen atoms in total. The number of hydrogen-bond donors (Lipinski definition) is 0. The first kappa shape index (κ1) is 41.6. The third-order valence-electron chi connectivity index (χ3n) is 7.56. The van der Waals surface area contributed by atoms with Gasteiger partial charge in [0, 0.05) is 12.8 Å². The number of halogens is 20. The maximum atomic E-state index is 15.2. The highest BCUT2D eigenvalue weighted by atomic mass is 19.4. The Labute approximate surface area is 251 Å². The van der Waals surface area contributed by atoms with Crippen LogP contribution in [0.4, 0.5) is 87.8 Å². The molecular weight excluding hydrogens is 720 g/mol. The van der Waals surface area contributed by atoms with Gasteiger partial charge >= 0.3 is 48.4 Å². The maximum Gasteiger partial charge on any atom is 0.437 e. The van der Waals surface area contributed by atoms with Gasteiger partial charge < -0.3 is 18.9 Å². The van der Waals surface area contributed by atoms with Gasteiger partial charge in [-0.2, -0.15) is 79.0 Å². The van der Waals surface area contributed by atoms with Crippen molar-refractivity contribution < 1.29 is 107 Å². The van der Waals surface area contributed by atoms with E-state index in [-0.39, 0.29) is 0 Å². The van der Waals surface area contributed by atoms with Crippen LogP contribution in [0.2, 0.25) is 0 Å². The lowest BCUT2D eigenvalue weighted by molar-refractivity contribution is -0.461. The number of ether oxygens (including phenoxy) is 4. The van der Waals surface area contributed by atoms with Crippen LogP contribution in [0.1, 0.15) is 46.0 Å². The number of hydrogen-bond acceptors (Lipinski definition) is 4. The predicted octanol–water partition coefficient (Wildman–Crippen LogP) is 9.22. The van der Waals surface area contributed by atoms with Gasteiger partial charge in [0.25, 0.3) is 0 Å². The van der Waals surface area contributed by atoms with E-state index in [4.69, 9.17) is 4.74 Å². The summed E-state index contributed by atoms with van der Waals surface area (Å²) in [6.45, 7) is -2.16. The van der Waals surface area contributed by atoms with Gasteiger partial charge in [-0.3, -0.25) is 0 Å². The quantitative estimate of drug-likeness (QED) is 0.184. The Morgan fingerprint density at radius 1 is 0.574 bits per heavy atom. The highest BCUT2D eigenvalue weighted by molar-refractivity contribution is 5.10. The van der Waals surface area contributed by atoms with E-state index in [0.717, 1.165) is 0 Å². The van der Waals surface area contributed by atoms with Crippen LogP contribution in [-0.4, -0.2) is 85.4 Å². The Morgan fingerprint density at radius 3 is 1.40 bits per heavy atom. The molecule has 0 amide bonds. The maximum absolute atomic E-state index is 15.2. The molecule has 0 aromatic carbocycles. The first-order valence-corrected chi connectivity index (χ1v) is 13.0. The lowest BCUT2D eigenvalue weighted by atomic mass is 9.80. The summed E-state index contributed by atoms with van der Waals surface area (Å²) >= 11 is 0. The van der Waals surface area contributed by atoms with Gasteiger partial charge in [-0.1, -0.05) is 0 Å². The summed E-state index contributed by atoms with van der Waals surface area (Å²) in [4.78, 5) is 0. The van der Waals surface area contributed by atoms with Crippen molar-refractivity contribution in [1.82, 2.24) is 0 Å². The molecule has 0 radical (unpaired) electrons.